The summed E-state index contributed by atoms with van der Waals surface area (Å²) in [4.78, 5) is 7.06. The van der Waals surface area contributed by atoms with Crippen LogP contribution < -0.4 is 5.32 Å². The average molecular weight is 167 g/mol. The van der Waals surface area contributed by atoms with Crippen molar-refractivity contribution in [1.82, 2.24) is 15.3 Å². The predicted molar refractivity (Wildman–Crippen MR) is 50.0 cm³/mol. The van der Waals surface area contributed by atoms with Crippen LogP contribution in [0.5, 0.6) is 0 Å². The summed E-state index contributed by atoms with van der Waals surface area (Å²) in [5.74, 6) is 0. The smallest absolute Gasteiger partial charge is 0.0921 e. The van der Waals surface area contributed by atoms with Crippen LogP contribution in [-0.4, -0.2) is 22.1 Å². The topological polar surface area (TPSA) is 40.7 Å². The van der Waals surface area contributed by atoms with E-state index in [2.05, 4.69) is 36.1 Å². The zero-order valence-electron chi connectivity index (χ0n) is 7.96. The summed E-state index contributed by atoms with van der Waals surface area (Å²) in [5.41, 5.74) is 1.19. The van der Waals surface area contributed by atoms with Crippen molar-refractivity contribution >= 4 is 0 Å². The Kier molecular flexibility index (Phi) is 3.29. The van der Waals surface area contributed by atoms with Gasteiger partial charge in [0.1, 0.15) is 0 Å². The SMILES string of the molecule is CC(C)NC(C)Cc1cnc[nH]1. The Morgan fingerprint density at radius 2 is 2.25 bits per heavy atom. The van der Waals surface area contributed by atoms with Gasteiger partial charge in [0.2, 0.25) is 0 Å². The maximum absolute atomic E-state index is 3.97. The van der Waals surface area contributed by atoms with Crippen molar-refractivity contribution in [2.24, 2.45) is 0 Å². The predicted octanol–water partition coefficient (Wildman–Crippen LogP) is 1.34. The molecule has 1 rings (SSSR count). The first-order chi connectivity index (χ1) is 5.68. The number of hydrogen-bond donors (Lipinski definition) is 2. The molecule has 68 valence electrons. The van der Waals surface area contributed by atoms with Crippen molar-refractivity contribution in [2.75, 3.05) is 0 Å². The molecule has 1 aromatic heterocycles. The van der Waals surface area contributed by atoms with E-state index in [0.717, 1.165) is 6.42 Å². The molecule has 2 N–H and O–H groups in total. The molecule has 0 radical (unpaired) electrons. The van der Waals surface area contributed by atoms with Gasteiger partial charge in [-0.1, -0.05) is 13.8 Å². The van der Waals surface area contributed by atoms with E-state index in [1.807, 2.05) is 6.20 Å². The van der Waals surface area contributed by atoms with Crippen LogP contribution in [0.25, 0.3) is 0 Å². The summed E-state index contributed by atoms with van der Waals surface area (Å²) < 4.78 is 0. The molecular weight excluding hydrogens is 150 g/mol. The van der Waals surface area contributed by atoms with Crippen molar-refractivity contribution in [3.8, 4) is 0 Å². The first-order valence-corrected chi connectivity index (χ1v) is 4.41. The van der Waals surface area contributed by atoms with E-state index in [9.17, 15) is 0 Å². The molecular formula is C9H17N3. The minimum atomic E-state index is 0.505. The fourth-order valence-electron chi connectivity index (χ4n) is 1.35. The molecule has 0 saturated carbocycles. The molecule has 3 nitrogen and oxygen atoms in total. The molecule has 0 saturated heterocycles. The highest BCUT2D eigenvalue weighted by atomic mass is 14.9. The van der Waals surface area contributed by atoms with E-state index in [-0.39, 0.29) is 0 Å². The molecule has 0 bridgehead atoms. The Hall–Kier alpha value is -0.830. The number of aromatic nitrogens is 2. The molecule has 1 unspecified atom stereocenters. The van der Waals surface area contributed by atoms with Gasteiger partial charge in [0, 0.05) is 30.4 Å². The highest BCUT2D eigenvalue weighted by Crippen LogP contribution is 1.98. The number of H-pyrrole nitrogens is 1. The lowest BCUT2D eigenvalue weighted by molar-refractivity contribution is 0.485. The molecule has 1 atom stereocenters. The van der Waals surface area contributed by atoms with Crippen LogP contribution in [0.15, 0.2) is 12.5 Å². The van der Waals surface area contributed by atoms with Gasteiger partial charge in [0.15, 0.2) is 0 Å². The highest BCUT2D eigenvalue weighted by molar-refractivity contribution is 4.96. The zero-order chi connectivity index (χ0) is 8.97. The van der Waals surface area contributed by atoms with Gasteiger partial charge in [0.25, 0.3) is 0 Å². The monoisotopic (exact) mass is 167 g/mol. The Bertz CT molecular complexity index is 204. The van der Waals surface area contributed by atoms with Gasteiger partial charge in [-0.25, -0.2) is 4.98 Å². The van der Waals surface area contributed by atoms with Gasteiger partial charge < -0.3 is 10.3 Å². The molecule has 0 fully saturated rings. The van der Waals surface area contributed by atoms with Crippen molar-refractivity contribution in [3.05, 3.63) is 18.2 Å². The third-order valence-electron chi connectivity index (χ3n) is 1.70. The Morgan fingerprint density at radius 3 is 2.75 bits per heavy atom. The highest BCUT2D eigenvalue weighted by Gasteiger charge is 2.04. The second-order valence-electron chi connectivity index (χ2n) is 3.50. The normalized spacial score (nSPS) is 13.7. The third kappa shape index (κ3) is 3.05. The van der Waals surface area contributed by atoms with Gasteiger partial charge >= 0.3 is 0 Å². The molecule has 12 heavy (non-hydrogen) atoms. The van der Waals surface area contributed by atoms with Gasteiger partial charge in [-0.3, -0.25) is 0 Å². The maximum Gasteiger partial charge on any atom is 0.0921 e. The van der Waals surface area contributed by atoms with Crippen molar-refractivity contribution < 1.29 is 0 Å². The van der Waals surface area contributed by atoms with Gasteiger partial charge in [-0.05, 0) is 6.92 Å². The molecule has 0 aliphatic rings. The zero-order valence-corrected chi connectivity index (χ0v) is 7.96. The Balaban J connectivity index is 2.32. The quantitative estimate of drug-likeness (QED) is 0.710. The van der Waals surface area contributed by atoms with Crippen LogP contribution in [0.4, 0.5) is 0 Å². The summed E-state index contributed by atoms with van der Waals surface area (Å²) in [6.45, 7) is 6.49. The second-order valence-corrected chi connectivity index (χ2v) is 3.50. The first kappa shape index (κ1) is 9.26. The van der Waals surface area contributed by atoms with E-state index >= 15 is 0 Å². The van der Waals surface area contributed by atoms with Gasteiger partial charge in [0.05, 0.1) is 6.33 Å². The molecule has 1 heterocycles. The van der Waals surface area contributed by atoms with E-state index in [1.54, 1.807) is 6.33 Å². The minimum absolute atomic E-state index is 0.505. The largest absolute Gasteiger partial charge is 0.348 e. The fraction of sp³-hybridized carbons (Fsp3) is 0.667. The van der Waals surface area contributed by atoms with E-state index in [0.29, 0.717) is 12.1 Å². The summed E-state index contributed by atoms with van der Waals surface area (Å²) in [6, 6.07) is 1.05. The summed E-state index contributed by atoms with van der Waals surface area (Å²) in [6.07, 6.45) is 4.61. The average Bonchev–Trinajstić information content (AvgIpc) is 2.37. The number of nitrogens with zero attached hydrogens (tertiary/aromatic N) is 1. The van der Waals surface area contributed by atoms with Crippen LogP contribution in [0.2, 0.25) is 0 Å². The van der Waals surface area contributed by atoms with Crippen LogP contribution >= 0.6 is 0 Å². The molecule has 0 spiro atoms. The Morgan fingerprint density at radius 1 is 1.50 bits per heavy atom. The van der Waals surface area contributed by atoms with E-state index in [4.69, 9.17) is 0 Å². The van der Waals surface area contributed by atoms with Crippen LogP contribution in [0, 0.1) is 0 Å². The summed E-state index contributed by atoms with van der Waals surface area (Å²) in [7, 11) is 0. The number of nitrogens with one attached hydrogen (secondary N) is 2. The molecule has 3 heteroatoms. The lowest BCUT2D eigenvalue weighted by atomic mass is 10.2. The van der Waals surface area contributed by atoms with Crippen LogP contribution in [-0.2, 0) is 6.42 Å². The van der Waals surface area contributed by atoms with Crippen molar-refractivity contribution in [1.29, 1.82) is 0 Å². The lowest BCUT2D eigenvalue weighted by Gasteiger charge is -2.15. The van der Waals surface area contributed by atoms with Gasteiger partial charge in [-0.2, -0.15) is 0 Å². The minimum Gasteiger partial charge on any atom is -0.348 e. The molecule has 1 aromatic rings. The maximum atomic E-state index is 3.97. The fourth-order valence-corrected chi connectivity index (χ4v) is 1.35. The number of aromatic amines is 1. The number of imidazole rings is 1. The number of rotatable bonds is 4. The van der Waals surface area contributed by atoms with Crippen LogP contribution in [0.3, 0.4) is 0 Å². The summed E-state index contributed by atoms with van der Waals surface area (Å²) in [5, 5.41) is 3.43. The number of hydrogen-bond acceptors (Lipinski definition) is 2. The first-order valence-electron chi connectivity index (χ1n) is 4.41. The molecule has 0 amide bonds. The van der Waals surface area contributed by atoms with Crippen molar-refractivity contribution in [2.45, 2.75) is 39.3 Å². The Labute approximate surface area is 73.6 Å². The van der Waals surface area contributed by atoms with Crippen molar-refractivity contribution in [3.63, 3.8) is 0 Å². The van der Waals surface area contributed by atoms with E-state index < -0.39 is 0 Å². The third-order valence-corrected chi connectivity index (χ3v) is 1.70. The van der Waals surface area contributed by atoms with E-state index in [1.165, 1.54) is 5.69 Å². The molecule has 0 aromatic carbocycles. The lowest BCUT2D eigenvalue weighted by Crippen LogP contribution is -2.33. The standard InChI is InChI=1S/C9H17N3/c1-7(2)12-8(3)4-9-5-10-6-11-9/h5-8,12H,4H2,1-3H3,(H,10,11). The van der Waals surface area contributed by atoms with Crippen LogP contribution in [0.1, 0.15) is 26.5 Å². The van der Waals surface area contributed by atoms with Gasteiger partial charge in [-0.15, -0.1) is 0 Å². The second kappa shape index (κ2) is 4.26. The summed E-state index contributed by atoms with van der Waals surface area (Å²) >= 11 is 0. The molecule has 0 aliphatic carbocycles. The molecule has 0 aliphatic heterocycles.